The number of hydrogen-bond donors (Lipinski definition) is 1. The summed E-state index contributed by atoms with van der Waals surface area (Å²) in [6, 6.07) is 12.8. The molecule has 0 aliphatic rings. The summed E-state index contributed by atoms with van der Waals surface area (Å²) >= 11 is 0. The van der Waals surface area contributed by atoms with E-state index in [0.29, 0.717) is 11.4 Å². The SMILES string of the molecule is COC(=O)N(C)c1ccc(Nc2ccc(C#N)cc2[N+](=O)[O-])cc1. The van der Waals surface area contributed by atoms with Gasteiger partial charge in [-0.1, -0.05) is 0 Å². The molecule has 0 spiro atoms. The molecule has 0 aliphatic carbocycles. The van der Waals surface area contributed by atoms with Gasteiger partial charge in [-0.2, -0.15) is 5.26 Å². The number of carbonyl (C=O) groups is 1. The predicted molar refractivity (Wildman–Crippen MR) is 88.3 cm³/mol. The number of nitrogens with zero attached hydrogens (tertiary/aromatic N) is 3. The van der Waals surface area contributed by atoms with Gasteiger partial charge < -0.3 is 10.1 Å². The van der Waals surface area contributed by atoms with Crippen molar-refractivity contribution in [2.24, 2.45) is 0 Å². The average molecular weight is 326 g/mol. The van der Waals surface area contributed by atoms with E-state index in [2.05, 4.69) is 10.1 Å². The number of hydrogen-bond acceptors (Lipinski definition) is 6. The van der Waals surface area contributed by atoms with Crippen molar-refractivity contribution >= 4 is 28.8 Å². The first-order chi connectivity index (χ1) is 11.5. The molecule has 0 aromatic heterocycles. The van der Waals surface area contributed by atoms with Crippen LogP contribution in [0.5, 0.6) is 0 Å². The third-order valence-electron chi connectivity index (χ3n) is 3.31. The Balaban J connectivity index is 2.25. The summed E-state index contributed by atoms with van der Waals surface area (Å²) in [4.78, 5) is 23.4. The van der Waals surface area contributed by atoms with Crippen LogP contribution in [0.4, 0.5) is 27.5 Å². The highest BCUT2D eigenvalue weighted by Crippen LogP contribution is 2.29. The van der Waals surface area contributed by atoms with Gasteiger partial charge in [0.15, 0.2) is 0 Å². The lowest BCUT2D eigenvalue weighted by atomic mass is 10.1. The van der Waals surface area contributed by atoms with Crippen molar-refractivity contribution in [3.63, 3.8) is 0 Å². The molecule has 0 fully saturated rings. The Hall–Kier alpha value is -3.60. The van der Waals surface area contributed by atoms with Crippen molar-refractivity contribution in [3.05, 3.63) is 58.1 Å². The Morgan fingerprint density at radius 3 is 2.50 bits per heavy atom. The third kappa shape index (κ3) is 3.59. The molecule has 0 saturated carbocycles. The lowest BCUT2D eigenvalue weighted by Gasteiger charge is -2.16. The van der Waals surface area contributed by atoms with Gasteiger partial charge in [-0.05, 0) is 36.4 Å². The summed E-state index contributed by atoms with van der Waals surface area (Å²) in [6.45, 7) is 0. The number of carbonyl (C=O) groups excluding carboxylic acids is 1. The second-order valence-electron chi connectivity index (χ2n) is 4.80. The number of nitro groups is 1. The van der Waals surface area contributed by atoms with E-state index in [1.165, 1.54) is 30.2 Å². The summed E-state index contributed by atoms with van der Waals surface area (Å²) in [5.74, 6) is 0. The molecule has 0 atom stereocenters. The predicted octanol–water partition coefficient (Wildman–Crippen LogP) is 3.41. The number of rotatable bonds is 4. The molecular formula is C16H14N4O4. The Morgan fingerprint density at radius 1 is 1.29 bits per heavy atom. The fourth-order valence-corrected chi connectivity index (χ4v) is 2.02. The highest BCUT2D eigenvalue weighted by Gasteiger charge is 2.15. The van der Waals surface area contributed by atoms with Crippen LogP contribution in [0.25, 0.3) is 0 Å². The van der Waals surface area contributed by atoms with E-state index in [4.69, 9.17) is 5.26 Å². The fraction of sp³-hybridized carbons (Fsp3) is 0.125. The molecule has 1 N–H and O–H groups in total. The summed E-state index contributed by atoms with van der Waals surface area (Å²) in [5, 5.41) is 22.9. The first kappa shape index (κ1) is 16.8. The monoisotopic (exact) mass is 326 g/mol. The van der Waals surface area contributed by atoms with Gasteiger partial charge in [0.25, 0.3) is 5.69 Å². The van der Waals surface area contributed by atoms with Gasteiger partial charge in [-0.3, -0.25) is 15.0 Å². The van der Waals surface area contributed by atoms with Crippen LogP contribution in [0.1, 0.15) is 5.56 Å². The molecule has 1 amide bonds. The molecule has 2 rings (SSSR count). The van der Waals surface area contributed by atoms with Gasteiger partial charge in [-0.15, -0.1) is 0 Å². The number of anilines is 3. The van der Waals surface area contributed by atoms with Crippen molar-refractivity contribution in [1.29, 1.82) is 5.26 Å². The molecule has 8 heteroatoms. The fourth-order valence-electron chi connectivity index (χ4n) is 2.02. The van der Waals surface area contributed by atoms with Crippen molar-refractivity contribution in [2.45, 2.75) is 0 Å². The second kappa shape index (κ2) is 7.11. The second-order valence-corrected chi connectivity index (χ2v) is 4.80. The number of nitriles is 1. The van der Waals surface area contributed by atoms with Gasteiger partial charge in [0, 0.05) is 24.5 Å². The summed E-state index contributed by atoms with van der Waals surface area (Å²) < 4.78 is 4.63. The molecule has 0 unspecified atom stereocenters. The molecule has 0 heterocycles. The maximum Gasteiger partial charge on any atom is 0.413 e. The van der Waals surface area contributed by atoms with Gasteiger partial charge in [-0.25, -0.2) is 4.79 Å². The van der Waals surface area contributed by atoms with E-state index in [9.17, 15) is 14.9 Å². The minimum absolute atomic E-state index is 0.190. The van der Waals surface area contributed by atoms with Crippen LogP contribution in [0.2, 0.25) is 0 Å². The Kier molecular flexibility index (Phi) is 4.96. The zero-order chi connectivity index (χ0) is 17.7. The van der Waals surface area contributed by atoms with Crippen molar-refractivity contribution in [1.82, 2.24) is 0 Å². The van der Waals surface area contributed by atoms with Crippen molar-refractivity contribution in [2.75, 3.05) is 24.4 Å². The van der Waals surface area contributed by atoms with E-state index in [1.807, 2.05) is 6.07 Å². The van der Waals surface area contributed by atoms with Gasteiger partial charge in [0.2, 0.25) is 0 Å². The summed E-state index contributed by atoms with van der Waals surface area (Å²) in [7, 11) is 2.86. The average Bonchev–Trinajstić information content (AvgIpc) is 2.61. The Morgan fingerprint density at radius 2 is 1.96 bits per heavy atom. The molecular weight excluding hydrogens is 312 g/mol. The molecule has 2 aromatic rings. The Labute approximate surface area is 138 Å². The highest BCUT2D eigenvalue weighted by atomic mass is 16.6. The first-order valence-corrected chi connectivity index (χ1v) is 6.83. The van der Waals surface area contributed by atoms with Crippen LogP contribution in [0, 0.1) is 21.4 Å². The van der Waals surface area contributed by atoms with E-state index in [1.54, 1.807) is 31.3 Å². The highest BCUT2D eigenvalue weighted by molar-refractivity contribution is 5.87. The first-order valence-electron chi connectivity index (χ1n) is 6.83. The maximum absolute atomic E-state index is 11.5. The zero-order valence-corrected chi connectivity index (χ0v) is 13.0. The summed E-state index contributed by atoms with van der Waals surface area (Å²) in [5.41, 5.74) is 1.51. The van der Waals surface area contributed by atoms with E-state index in [0.717, 1.165) is 0 Å². The van der Waals surface area contributed by atoms with E-state index < -0.39 is 11.0 Å². The number of methoxy groups -OCH3 is 1. The van der Waals surface area contributed by atoms with E-state index >= 15 is 0 Å². The number of benzene rings is 2. The molecule has 0 bridgehead atoms. The lowest BCUT2D eigenvalue weighted by Crippen LogP contribution is -2.25. The quantitative estimate of drug-likeness (QED) is 0.681. The van der Waals surface area contributed by atoms with Crippen LogP contribution in [-0.2, 0) is 4.74 Å². The molecule has 2 aromatic carbocycles. The normalized spacial score (nSPS) is 9.71. The van der Waals surface area contributed by atoms with Crippen LogP contribution in [0.15, 0.2) is 42.5 Å². The maximum atomic E-state index is 11.5. The van der Waals surface area contributed by atoms with Gasteiger partial charge >= 0.3 is 6.09 Å². The van der Waals surface area contributed by atoms with Crippen molar-refractivity contribution < 1.29 is 14.5 Å². The minimum Gasteiger partial charge on any atom is -0.452 e. The molecule has 122 valence electrons. The van der Waals surface area contributed by atoms with Crippen LogP contribution < -0.4 is 10.2 Å². The molecule has 0 radical (unpaired) electrons. The lowest BCUT2D eigenvalue weighted by molar-refractivity contribution is -0.383. The molecule has 24 heavy (non-hydrogen) atoms. The van der Waals surface area contributed by atoms with E-state index in [-0.39, 0.29) is 16.9 Å². The van der Waals surface area contributed by atoms with Crippen molar-refractivity contribution in [3.8, 4) is 6.07 Å². The zero-order valence-electron chi connectivity index (χ0n) is 13.0. The minimum atomic E-state index is -0.553. The number of nitro benzene ring substituents is 1. The Bertz CT molecular complexity index is 812. The number of nitrogens with one attached hydrogen (secondary N) is 1. The molecule has 0 saturated heterocycles. The number of amides is 1. The summed E-state index contributed by atoms with van der Waals surface area (Å²) in [6.07, 6.45) is -0.501. The van der Waals surface area contributed by atoms with Gasteiger partial charge in [0.05, 0.1) is 23.7 Å². The van der Waals surface area contributed by atoms with Gasteiger partial charge in [0.1, 0.15) is 5.69 Å². The topological polar surface area (TPSA) is 108 Å². The number of ether oxygens (including phenoxy) is 1. The molecule has 8 nitrogen and oxygen atoms in total. The molecule has 0 aliphatic heterocycles. The van der Waals surface area contributed by atoms with Crippen LogP contribution in [0.3, 0.4) is 0 Å². The van der Waals surface area contributed by atoms with Crippen LogP contribution in [-0.4, -0.2) is 25.2 Å². The van der Waals surface area contributed by atoms with Crippen LogP contribution >= 0.6 is 0 Å². The third-order valence-corrected chi connectivity index (χ3v) is 3.31. The smallest absolute Gasteiger partial charge is 0.413 e. The standard InChI is InChI=1S/C16H14N4O4/c1-19(16(21)24-2)13-6-4-12(5-7-13)18-14-8-3-11(10-17)9-15(14)20(22)23/h3-9,18H,1-2H3. The largest absolute Gasteiger partial charge is 0.452 e.